The summed E-state index contributed by atoms with van der Waals surface area (Å²) in [6.07, 6.45) is 5.82. The molecule has 0 aliphatic carbocycles. The predicted molar refractivity (Wildman–Crippen MR) is 76.2 cm³/mol. The molecule has 4 heteroatoms. The summed E-state index contributed by atoms with van der Waals surface area (Å²) in [5.74, 6) is 2.81. The molecule has 1 fully saturated rings. The van der Waals surface area contributed by atoms with Crippen LogP contribution in [0.3, 0.4) is 0 Å². The molecule has 1 heterocycles. The van der Waals surface area contributed by atoms with E-state index in [0.717, 1.165) is 13.7 Å². The zero-order chi connectivity index (χ0) is 11.7. The Balaban J connectivity index is 2.32. The highest BCUT2D eigenvalue weighted by Gasteiger charge is 2.30. The van der Waals surface area contributed by atoms with Crippen LogP contribution in [-0.4, -0.2) is 12.5 Å². The van der Waals surface area contributed by atoms with Gasteiger partial charge in [0.15, 0.2) is 0 Å². The van der Waals surface area contributed by atoms with Crippen LogP contribution in [0.2, 0.25) is 0 Å². The van der Waals surface area contributed by atoms with Crippen molar-refractivity contribution in [3.05, 3.63) is 26.2 Å². The fourth-order valence-electron chi connectivity index (χ4n) is 1.75. The first kappa shape index (κ1) is 11.9. The van der Waals surface area contributed by atoms with Gasteiger partial charge in [0.05, 0.1) is 5.69 Å². The molecule has 1 amide bonds. The standard InChI is InChI=1S/C12H9BrINO/c1-2-8-5-12(16)15(7-8)11-4-3-9(13)6-10(11)14/h1,3-4,6,8H,5,7H2. The average molecular weight is 390 g/mol. The van der Waals surface area contributed by atoms with Crippen molar-refractivity contribution in [2.24, 2.45) is 5.92 Å². The molecule has 1 aromatic carbocycles. The Labute approximate surface area is 117 Å². The number of hydrogen-bond donors (Lipinski definition) is 0. The lowest BCUT2D eigenvalue weighted by Crippen LogP contribution is -2.25. The molecular formula is C12H9BrINO. The van der Waals surface area contributed by atoms with Gasteiger partial charge in [-0.3, -0.25) is 4.79 Å². The number of benzene rings is 1. The van der Waals surface area contributed by atoms with Gasteiger partial charge in [-0.25, -0.2) is 0 Å². The van der Waals surface area contributed by atoms with Gasteiger partial charge in [-0.1, -0.05) is 15.9 Å². The number of hydrogen-bond acceptors (Lipinski definition) is 1. The maximum atomic E-state index is 11.8. The number of nitrogens with zero attached hydrogens (tertiary/aromatic N) is 1. The summed E-state index contributed by atoms with van der Waals surface area (Å²) in [7, 11) is 0. The third-order valence-electron chi connectivity index (χ3n) is 2.56. The largest absolute Gasteiger partial charge is 0.310 e. The topological polar surface area (TPSA) is 20.3 Å². The number of terminal acetylenes is 1. The molecule has 2 nitrogen and oxygen atoms in total. The van der Waals surface area contributed by atoms with Crippen LogP contribution in [0, 0.1) is 21.8 Å². The van der Waals surface area contributed by atoms with Gasteiger partial charge in [-0.2, -0.15) is 0 Å². The first-order valence-corrected chi connectivity index (χ1v) is 6.70. The second-order valence-corrected chi connectivity index (χ2v) is 5.75. The van der Waals surface area contributed by atoms with E-state index < -0.39 is 0 Å². The molecule has 0 bridgehead atoms. The summed E-state index contributed by atoms with van der Waals surface area (Å²) < 4.78 is 2.07. The quantitative estimate of drug-likeness (QED) is 0.534. The fourth-order valence-corrected chi connectivity index (χ4v) is 3.35. The Morgan fingerprint density at radius 3 is 2.88 bits per heavy atom. The number of halogens is 2. The lowest BCUT2D eigenvalue weighted by Gasteiger charge is -2.17. The molecule has 1 unspecified atom stereocenters. The Morgan fingerprint density at radius 2 is 2.31 bits per heavy atom. The summed E-state index contributed by atoms with van der Waals surface area (Å²) in [5.41, 5.74) is 0.951. The molecule has 1 saturated heterocycles. The summed E-state index contributed by atoms with van der Waals surface area (Å²) >= 11 is 5.63. The van der Waals surface area contributed by atoms with Crippen LogP contribution in [0.1, 0.15) is 6.42 Å². The summed E-state index contributed by atoms with van der Waals surface area (Å²) in [6.45, 7) is 0.632. The highest BCUT2D eigenvalue weighted by atomic mass is 127. The van der Waals surface area contributed by atoms with E-state index in [9.17, 15) is 4.79 Å². The Morgan fingerprint density at radius 1 is 1.56 bits per heavy atom. The van der Waals surface area contributed by atoms with E-state index in [0.29, 0.717) is 13.0 Å². The molecule has 0 aromatic heterocycles. The molecule has 1 aliphatic rings. The molecule has 1 aliphatic heterocycles. The van der Waals surface area contributed by atoms with Crippen LogP contribution in [0.4, 0.5) is 5.69 Å². The molecule has 1 atom stereocenters. The minimum Gasteiger partial charge on any atom is -0.310 e. The molecule has 16 heavy (non-hydrogen) atoms. The monoisotopic (exact) mass is 389 g/mol. The van der Waals surface area contributed by atoms with Gasteiger partial charge in [0, 0.05) is 26.9 Å². The summed E-state index contributed by atoms with van der Waals surface area (Å²) in [6, 6.07) is 5.88. The second kappa shape index (κ2) is 4.76. The van der Waals surface area contributed by atoms with Crippen LogP contribution in [-0.2, 0) is 4.79 Å². The van der Waals surface area contributed by atoms with Gasteiger partial charge >= 0.3 is 0 Å². The molecule has 0 N–H and O–H groups in total. The van der Waals surface area contributed by atoms with Crippen molar-refractivity contribution in [3.63, 3.8) is 0 Å². The van der Waals surface area contributed by atoms with E-state index in [1.165, 1.54) is 0 Å². The second-order valence-electron chi connectivity index (χ2n) is 3.67. The van der Waals surface area contributed by atoms with E-state index in [2.05, 4.69) is 44.4 Å². The van der Waals surface area contributed by atoms with Crippen molar-refractivity contribution in [1.29, 1.82) is 0 Å². The van der Waals surface area contributed by atoms with Crippen LogP contribution >= 0.6 is 38.5 Å². The number of carbonyl (C=O) groups is 1. The number of rotatable bonds is 1. The van der Waals surface area contributed by atoms with Crippen LogP contribution in [0.5, 0.6) is 0 Å². The highest BCUT2D eigenvalue weighted by Crippen LogP contribution is 2.30. The molecule has 82 valence electrons. The Hall–Kier alpha value is -0.540. The van der Waals surface area contributed by atoms with Gasteiger partial charge in [-0.05, 0) is 40.8 Å². The van der Waals surface area contributed by atoms with E-state index in [-0.39, 0.29) is 11.8 Å². The summed E-state index contributed by atoms with van der Waals surface area (Å²) in [4.78, 5) is 13.6. The van der Waals surface area contributed by atoms with Crippen molar-refractivity contribution in [3.8, 4) is 12.3 Å². The first-order chi connectivity index (χ1) is 7.61. The lowest BCUT2D eigenvalue weighted by atomic mass is 10.1. The smallest absolute Gasteiger partial charge is 0.228 e. The SMILES string of the molecule is C#CC1CC(=O)N(c2ccc(Br)cc2I)C1. The molecule has 0 spiro atoms. The van der Waals surface area contributed by atoms with Crippen molar-refractivity contribution in [1.82, 2.24) is 0 Å². The van der Waals surface area contributed by atoms with E-state index in [4.69, 9.17) is 6.42 Å². The Bertz CT molecular complexity index is 480. The van der Waals surface area contributed by atoms with Crippen LogP contribution in [0.25, 0.3) is 0 Å². The highest BCUT2D eigenvalue weighted by molar-refractivity contribution is 14.1. The third-order valence-corrected chi connectivity index (χ3v) is 3.92. The van der Waals surface area contributed by atoms with Crippen LogP contribution in [0.15, 0.2) is 22.7 Å². The van der Waals surface area contributed by atoms with Crippen molar-refractivity contribution >= 4 is 50.1 Å². The van der Waals surface area contributed by atoms with Gasteiger partial charge in [-0.15, -0.1) is 12.3 Å². The van der Waals surface area contributed by atoms with E-state index in [1.807, 2.05) is 18.2 Å². The number of anilines is 1. The van der Waals surface area contributed by atoms with Crippen molar-refractivity contribution in [2.75, 3.05) is 11.4 Å². The van der Waals surface area contributed by atoms with Gasteiger partial charge in [0.25, 0.3) is 0 Å². The molecule has 0 radical (unpaired) electrons. The first-order valence-electron chi connectivity index (χ1n) is 4.83. The summed E-state index contributed by atoms with van der Waals surface area (Å²) in [5, 5.41) is 0. The Kier molecular flexibility index (Phi) is 3.55. The van der Waals surface area contributed by atoms with Crippen molar-refractivity contribution in [2.45, 2.75) is 6.42 Å². The maximum absolute atomic E-state index is 11.8. The van der Waals surface area contributed by atoms with Gasteiger partial charge in [0.2, 0.25) is 5.91 Å². The van der Waals surface area contributed by atoms with Crippen molar-refractivity contribution < 1.29 is 4.79 Å². The predicted octanol–water partition coefficient (Wildman–Crippen LogP) is 3.04. The fraction of sp³-hybridized carbons (Fsp3) is 0.250. The molecule has 1 aromatic rings. The average Bonchev–Trinajstić information content (AvgIpc) is 2.60. The van der Waals surface area contributed by atoms with E-state index >= 15 is 0 Å². The number of amides is 1. The lowest BCUT2D eigenvalue weighted by molar-refractivity contribution is -0.117. The normalized spacial score (nSPS) is 19.9. The molecular weight excluding hydrogens is 381 g/mol. The minimum atomic E-state index is 0.0481. The maximum Gasteiger partial charge on any atom is 0.228 e. The van der Waals surface area contributed by atoms with Gasteiger partial charge < -0.3 is 4.90 Å². The number of carbonyl (C=O) groups excluding carboxylic acids is 1. The zero-order valence-corrected chi connectivity index (χ0v) is 12.2. The minimum absolute atomic E-state index is 0.0481. The molecule has 0 saturated carbocycles. The molecule has 2 rings (SSSR count). The zero-order valence-electron chi connectivity index (χ0n) is 8.41. The van der Waals surface area contributed by atoms with Gasteiger partial charge in [0.1, 0.15) is 0 Å². The van der Waals surface area contributed by atoms with Crippen LogP contribution < -0.4 is 4.90 Å². The third kappa shape index (κ3) is 2.25. The van der Waals surface area contributed by atoms with E-state index in [1.54, 1.807) is 4.90 Å².